The van der Waals surface area contributed by atoms with Crippen LogP contribution in [0.4, 0.5) is 16.2 Å². The van der Waals surface area contributed by atoms with Crippen LogP contribution in [0, 0.1) is 20.9 Å². The molecule has 1 aromatic rings. The van der Waals surface area contributed by atoms with Gasteiger partial charge in [0.1, 0.15) is 0 Å². The number of urea groups is 1. The highest BCUT2D eigenvalue weighted by atomic mass is 32.2. The van der Waals surface area contributed by atoms with E-state index in [9.17, 15) is 14.9 Å². The third-order valence-electron chi connectivity index (χ3n) is 5.06. The standard InChI is InChI=1S/C20H23N3O3S/c1-19(2)12-20(3,4)17(15-9-10-27-11-16(15)19)22(18(21)24)13-5-7-14(8-6-13)23(25)26/h5-11H,12H2,1-4H3,(H2,21,24). The number of hydrogen-bond donors (Lipinski definition) is 1. The number of thioether (sulfide) groups is 1. The zero-order chi connectivity index (χ0) is 20.0. The number of fused-ring (bicyclic) bond motifs is 1. The molecular formula is C20H23N3O3S. The summed E-state index contributed by atoms with van der Waals surface area (Å²) in [5, 5.41) is 15.1. The van der Waals surface area contributed by atoms with Gasteiger partial charge >= 0.3 is 6.03 Å². The Morgan fingerprint density at radius 2 is 1.81 bits per heavy atom. The van der Waals surface area contributed by atoms with Gasteiger partial charge in [-0.2, -0.15) is 0 Å². The predicted octanol–water partition coefficient (Wildman–Crippen LogP) is 5.33. The van der Waals surface area contributed by atoms with Crippen molar-refractivity contribution in [1.82, 2.24) is 0 Å². The number of amides is 2. The van der Waals surface area contributed by atoms with Gasteiger partial charge in [0, 0.05) is 23.2 Å². The minimum Gasteiger partial charge on any atom is -0.351 e. The number of allylic oxidation sites excluding steroid dienone is 4. The van der Waals surface area contributed by atoms with E-state index < -0.39 is 11.0 Å². The number of carbonyl (C=O) groups is 1. The Morgan fingerprint density at radius 3 is 2.37 bits per heavy atom. The van der Waals surface area contributed by atoms with Gasteiger partial charge < -0.3 is 5.73 Å². The zero-order valence-corrected chi connectivity index (χ0v) is 16.7. The molecule has 0 spiro atoms. The Hall–Kier alpha value is -2.54. The molecule has 0 fully saturated rings. The second-order valence-electron chi connectivity index (χ2n) is 8.12. The number of primary amides is 1. The lowest BCUT2D eigenvalue weighted by Crippen LogP contribution is -2.45. The molecule has 0 radical (unpaired) electrons. The average Bonchev–Trinajstić information content (AvgIpc) is 2.57. The SMILES string of the molecule is CC1(C)CC(C)(C)C(N(C(N)=O)c2ccc([N+](=O)[O-])cc2)=C2C=CSC=C21. The van der Waals surface area contributed by atoms with E-state index in [0.717, 1.165) is 17.7 Å². The number of rotatable bonds is 3. The molecule has 1 aliphatic carbocycles. The molecule has 0 atom stereocenters. The van der Waals surface area contributed by atoms with Gasteiger partial charge in [-0.1, -0.05) is 27.7 Å². The Bertz CT molecular complexity index is 896. The lowest BCUT2D eigenvalue weighted by Gasteiger charge is -2.48. The molecule has 2 N–H and O–H groups in total. The summed E-state index contributed by atoms with van der Waals surface area (Å²) in [6.07, 6.45) is 2.87. The van der Waals surface area contributed by atoms with Crippen LogP contribution >= 0.6 is 11.8 Å². The van der Waals surface area contributed by atoms with Crippen LogP contribution in [0.2, 0.25) is 0 Å². The van der Waals surface area contributed by atoms with Gasteiger partial charge in [0.25, 0.3) is 5.69 Å². The summed E-state index contributed by atoms with van der Waals surface area (Å²) in [7, 11) is 0. The first kappa shape index (κ1) is 19.2. The van der Waals surface area contributed by atoms with Crippen molar-refractivity contribution in [3.05, 3.63) is 68.1 Å². The van der Waals surface area contributed by atoms with E-state index in [1.165, 1.54) is 22.6 Å². The van der Waals surface area contributed by atoms with Crippen LogP contribution in [0.15, 0.2) is 58.0 Å². The Kier molecular flexibility index (Phi) is 4.67. The number of nitro groups is 1. The maximum Gasteiger partial charge on any atom is 0.323 e. The van der Waals surface area contributed by atoms with E-state index in [2.05, 4.69) is 33.1 Å². The van der Waals surface area contributed by atoms with E-state index in [4.69, 9.17) is 5.73 Å². The fourth-order valence-electron chi connectivity index (χ4n) is 4.26. The fraction of sp³-hybridized carbons (Fsp3) is 0.350. The number of nitro benzene ring substituents is 1. The van der Waals surface area contributed by atoms with Gasteiger partial charge in [0.15, 0.2) is 0 Å². The van der Waals surface area contributed by atoms with E-state index in [0.29, 0.717) is 5.69 Å². The molecule has 142 valence electrons. The molecule has 1 aliphatic heterocycles. The largest absolute Gasteiger partial charge is 0.351 e. The van der Waals surface area contributed by atoms with Gasteiger partial charge in [-0.3, -0.25) is 15.0 Å². The number of non-ortho nitro benzene ring substituents is 1. The Morgan fingerprint density at radius 1 is 1.19 bits per heavy atom. The molecule has 0 aromatic heterocycles. The number of anilines is 1. The van der Waals surface area contributed by atoms with Crippen molar-refractivity contribution in [1.29, 1.82) is 0 Å². The smallest absolute Gasteiger partial charge is 0.323 e. The highest BCUT2D eigenvalue weighted by Gasteiger charge is 2.45. The molecule has 0 bridgehead atoms. The summed E-state index contributed by atoms with van der Waals surface area (Å²) in [5.74, 6) is 0. The summed E-state index contributed by atoms with van der Waals surface area (Å²) >= 11 is 1.62. The Balaban J connectivity index is 2.22. The van der Waals surface area contributed by atoms with E-state index in [1.807, 2.05) is 11.5 Å². The van der Waals surface area contributed by atoms with Crippen LogP contribution in [0.5, 0.6) is 0 Å². The molecule has 2 aliphatic rings. The van der Waals surface area contributed by atoms with Crippen molar-refractivity contribution >= 4 is 29.2 Å². The fourth-order valence-corrected chi connectivity index (χ4v) is 5.14. The summed E-state index contributed by atoms with van der Waals surface area (Å²) in [4.78, 5) is 24.5. The predicted molar refractivity (Wildman–Crippen MR) is 109 cm³/mol. The van der Waals surface area contributed by atoms with Crippen LogP contribution in [0.1, 0.15) is 34.1 Å². The topological polar surface area (TPSA) is 89.5 Å². The molecule has 3 rings (SSSR count). The van der Waals surface area contributed by atoms with Crippen LogP contribution < -0.4 is 10.6 Å². The van der Waals surface area contributed by atoms with E-state index >= 15 is 0 Å². The van der Waals surface area contributed by atoms with Crippen LogP contribution in [0.25, 0.3) is 0 Å². The minimum absolute atomic E-state index is 0.0283. The van der Waals surface area contributed by atoms with Crippen molar-refractivity contribution in [2.75, 3.05) is 4.90 Å². The number of carbonyl (C=O) groups excluding carboxylic acids is 1. The molecule has 2 amide bonds. The lowest BCUT2D eigenvalue weighted by atomic mass is 9.62. The maximum atomic E-state index is 12.5. The first-order valence-corrected chi connectivity index (χ1v) is 9.61. The lowest BCUT2D eigenvalue weighted by molar-refractivity contribution is -0.384. The first-order chi connectivity index (χ1) is 12.5. The van der Waals surface area contributed by atoms with Gasteiger partial charge in [-0.05, 0) is 52.0 Å². The molecule has 1 heterocycles. The molecule has 27 heavy (non-hydrogen) atoms. The van der Waals surface area contributed by atoms with Gasteiger partial charge in [-0.25, -0.2) is 4.79 Å². The third kappa shape index (κ3) is 3.39. The molecule has 7 heteroatoms. The molecule has 1 aromatic carbocycles. The monoisotopic (exact) mass is 385 g/mol. The highest BCUT2D eigenvalue weighted by molar-refractivity contribution is 8.05. The summed E-state index contributed by atoms with van der Waals surface area (Å²) < 4.78 is 0. The summed E-state index contributed by atoms with van der Waals surface area (Å²) in [6.45, 7) is 8.62. The van der Waals surface area contributed by atoms with E-state index in [1.54, 1.807) is 23.9 Å². The first-order valence-electron chi connectivity index (χ1n) is 8.66. The third-order valence-corrected chi connectivity index (χ3v) is 5.73. The second kappa shape index (κ2) is 6.56. The van der Waals surface area contributed by atoms with Crippen molar-refractivity contribution in [2.45, 2.75) is 34.1 Å². The number of hydrogen-bond acceptors (Lipinski definition) is 4. The summed E-state index contributed by atoms with van der Waals surface area (Å²) in [5.41, 5.74) is 8.91. The average molecular weight is 385 g/mol. The zero-order valence-electron chi connectivity index (χ0n) is 15.9. The summed E-state index contributed by atoms with van der Waals surface area (Å²) in [6, 6.07) is 5.30. The number of nitrogens with two attached hydrogens (primary N) is 1. The maximum absolute atomic E-state index is 12.5. The molecule has 6 nitrogen and oxygen atoms in total. The minimum atomic E-state index is -0.606. The van der Waals surface area contributed by atoms with Crippen molar-refractivity contribution in [2.24, 2.45) is 16.6 Å². The normalized spacial score (nSPS) is 19.9. The molecule has 0 saturated heterocycles. The number of benzene rings is 1. The van der Waals surface area contributed by atoms with Crippen molar-refractivity contribution in [3.63, 3.8) is 0 Å². The van der Waals surface area contributed by atoms with Crippen LogP contribution in [-0.2, 0) is 0 Å². The van der Waals surface area contributed by atoms with Gasteiger partial charge in [0.05, 0.1) is 10.6 Å². The van der Waals surface area contributed by atoms with Crippen LogP contribution in [0.3, 0.4) is 0 Å². The highest BCUT2D eigenvalue weighted by Crippen LogP contribution is 2.55. The molecule has 0 unspecified atom stereocenters. The second-order valence-corrected chi connectivity index (χ2v) is 8.90. The quantitative estimate of drug-likeness (QED) is 0.562. The van der Waals surface area contributed by atoms with Gasteiger partial charge in [-0.15, -0.1) is 11.8 Å². The number of nitrogens with zero attached hydrogens (tertiary/aromatic N) is 2. The Labute approximate surface area is 162 Å². The van der Waals surface area contributed by atoms with Crippen molar-refractivity contribution < 1.29 is 9.72 Å². The molecular weight excluding hydrogens is 362 g/mol. The van der Waals surface area contributed by atoms with Gasteiger partial charge in [0.2, 0.25) is 0 Å². The van der Waals surface area contributed by atoms with Crippen LogP contribution in [-0.4, -0.2) is 11.0 Å². The molecule has 0 saturated carbocycles. The van der Waals surface area contributed by atoms with E-state index in [-0.39, 0.29) is 16.5 Å². The van der Waals surface area contributed by atoms with Crippen molar-refractivity contribution in [3.8, 4) is 0 Å².